The molecule has 0 aromatic heterocycles. The molecule has 0 spiro atoms. The van der Waals surface area contributed by atoms with Crippen LogP contribution in [0.5, 0.6) is 0 Å². The third-order valence-electron chi connectivity index (χ3n) is 1.38. The van der Waals surface area contributed by atoms with Crippen LogP contribution >= 0.6 is 0 Å². The van der Waals surface area contributed by atoms with E-state index in [0.717, 1.165) is 6.42 Å². The van der Waals surface area contributed by atoms with Crippen LogP contribution in [0, 0.1) is 0 Å². The summed E-state index contributed by atoms with van der Waals surface area (Å²) in [6.45, 7) is 1.91. The minimum atomic E-state index is 0.0161. The molecule has 0 fully saturated rings. The molecule has 1 aromatic rings. The second kappa shape index (κ2) is 3.37. The van der Waals surface area contributed by atoms with E-state index >= 15 is 0 Å². The van der Waals surface area contributed by atoms with E-state index in [0.29, 0.717) is 0 Å². The molecular formula is C9H12N. The maximum Gasteiger partial charge on any atom is 0.0225 e. The normalized spacial score (nSPS) is 13.0. The summed E-state index contributed by atoms with van der Waals surface area (Å²) in [4.78, 5) is 0. The number of hydrogen-bond acceptors (Lipinski definition) is 0. The minimum Gasteiger partial charge on any atom is -0.254 e. The highest BCUT2D eigenvalue weighted by atomic mass is 14.6. The fourth-order valence-electron chi connectivity index (χ4n) is 0.968. The van der Waals surface area contributed by atoms with Gasteiger partial charge in [-0.2, -0.15) is 0 Å². The van der Waals surface area contributed by atoms with Gasteiger partial charge in [0.15, 0.2) is 0 Å². The van der Waals surface area contributed by atoms with Gasteiger partial charge in [-0.05, 0) is 18.9 Å². The molecule has 1 N–H and O–H groups in total. The number of nitrogens with one attached hydrogen (secondary N) is 1. The van der Waals surface area contributed by atoms with Crippen molar-refractivity contribution in [1.29, 1.82) is 0 Å². The zero-order valence-corrected chi connectivity index (χ0v) is 6.17. The number of rotatable bonds is 2. The molecule has 1 aromatic carbocycles. The number of benzene rings is 1. The summed E-state index contributed by atoms with van der Waals surface area (Å²) in [7, 11) is 0. The largest absolute Gasteiger partial charge is 0.254 e. The van der Waals surface area contributed by atoms with Gasteiger partial charge in [-0.3, -0.25) is 5.73 Å². The number of hydrogen-bond donors (Lipinski definition) is 0. The highest BCUT2D eigenvalue weighted by Crippen LogP contribution is 2.01. The SMILES string of the molecule is CC([NH])Cc1ccccc1. The molecule has 1 nitrogen and oxygen atoms in total. The van der Waals surface area contributed by atoms with Crippen LogP contribution in [0.25, 0.3) is 0 Å². The van der Waals surface area contributed by atoms with Crippen LogP contribution in [0.1, 0.15) is 12.5 Å². The minimum absolute atomic E-state index is 0.0161. The second-order valence-corrected chi connectivity index (χ2v) is 2.59. The van der Waals surface area contributed by atoms with E-state index in [-0.39, 0.29) is 6.04 Å². The van der Waals surface area contributed by atoms with E-state index in [1.165, 1.54) is 5.56 Å². The van der Waals surface area contributed by atoms with Crippen LogP contribution in [0.15, 0.2) is 30.3 Å². The Labute approximate surface area is 61.9 Å². The summed E-state index contributed by atoms with van der Waals surface area (Å²) >= 11 is 0. The van der Waals surface area contributed by atoms with Crippen LogP contribution in [0.2, 0.25) is 0 Å². The molecule has 0 bridgehead atoms. The van der Waals surface area contributed by atoms with Crippen molar-refractivity contribution in [1.82, 2.24) is 5.73 Å². The maximum atomic E-state index is 7.32. The summed E-state index contributed by atoms with van der Waals surface area (Å²) in [5, 5.41) is 0. The van der Waals surface area contributed by atoms with Crippen molar-refractivity contribution in [2.45, 2.75) is 19.4 Å². The molecule has 0 saturated heterocycles. The Morgan fingerprint density at radius 3 is 2.40 bits per heavy atom. The molecule has 0 aliphatic rings. The first-order chi connectivity index (χ1) is 4.79. The van der Waals surface area contributed by atoms with Gasteiger partial charge in [0, 0.05) is 6.04 Å². The van der Waals surface area contributed by atoms with Crippen LogP contribution in [-0.4, -0.2) is 6.04 Å². The van der Waals surface area contributed by atoms with Crippen LogP contribution < -0.4 is 5.73 Å². The lowest BCUT2D eigenvalue weighted by atomic mass is 10.1. The first kappa shape index (κ1) is 7.29. The Morgan fingerprint density at radius 1 is 1.30 bits per heavy atom. The smallest absolute Gasteiger partial charge is 0.0225 e. The molecule has 0 saturated carbocycles. The predicted molar refractivity (Wildman–Crippen MR) is 42.7 cm³/mol. The summed E-state index contributed by atoms with van der Waals surface area (Å²) in [6, 6.07) is 10.2. The average Bonchev–Trinajstić information content (AvgIpc) is 1.88. The summed E-state index contributed by atoms with van der Waals surface area (Å²) in [5.41, 5.74) is 8.57. The molecule has 0 heterocycles. The van der Waals surface area contributed by atoms with Gasteiger partial charge in [0.05, 0.1) is 0 Å². The van der Waals surface area contributed by atoms with Crippen molar-refractivity contribution < 1.29 is 0 Å². The lowest BCUT2D eigenvalue weighted by Gasteiger charge is -2.01. The van der Waals surface area contributed by atoms with E-state index in [4.69, 9.17) is 5.73 Å². The van der Waals surface area contributed by atoms with Crippen LogP contribution in [0.3, 0.4) is 0 Å². The zero-order chi connectivity index (χ0) is 7.40. The van der Waals surface area contributed by atoms with Gasteiger partial charge in [0.25, 0.3) is 0 Å². The molecule has 1 atom stereocenters. The van der Waals surface area contributed by atoms with Crippen LogP contribution in [-0.2, 0) is 6.42 Å². The monoisotopic (exact) mass is 134 g/mol. The van der Waals surface area contributed by atoms with Gasteiger partial charge < -0.3 is 0 Å². The van der Waals surface area contributed by atoms with Crippen molar-refractivity contribution in [2.24, 2.45) is 0 Å². The van der Waals surface area contributed by atoms with Crippen LogP contribution in [0.4, 0.5) is 0 Å². The maximum absolute atomic E-state index is 7.32. The molecular weight excluding hydrogens is 122 g/mol. The van der Waals surface area contributed by atoms with E-state index in [1.807, 2.05) is 25.1 Å². The van der Waals surface area contributed by atoms with Gasteiger partial charge in [0.2, 0.25) is 0 Å². The van der Waals surface area contributed by atoms with Gasteiger partial charge >= 0.3 is 0 Å². The Kier molecular flexibility index (Phi) is 2.46. The fraction of sp³-hybridized carbons (Fsp3) is 0.333. The first-order valence-corrected chi connectivity index (χ1v) is 3.54. The molecule has 1 heteroatoms. The van der Waals surface area contributed by atoms with Gasteiger partial charge in [-0.15, -0.1) is 0 Å². The standard InChI is InChI=1S/C9H12N/c1-8(10)7-9-5-3-2-4-6-9/h2-6,8,10H,7H2,1H3. The molecule has 53 valence electrons. The topological polar surface area (TPSA) is 23.8 Å². The fourth-order valence-corrected chi connectivity index (χ4v) is 0.968. The zero-order valence-electron chi connectivity index (χ0n) is 6.17. The molecule has 0 amide bonds. The van der Waals surface area contributed by atoms with Crippen molar-refractivity contribution in [3.8, 4) is 0 Å². The summed E-state index contributed by atoms with van der Waals surface area (Å²) in [6.07, 6.45) is 0.862. The predicted octanol–water partition coefficient (Wildman–Crippen LogP) is 1.90. The Balaban J connectivity index is 2.59. The summed E-state index contributed by atoms with van der Waals surface area (Å²) in [5.74, 6) is 0. The van der Waals surface area contributed by atoms with E-state index < -0.39 is 0 Å². The molecule has 0 aliphatic carbocycles. The van der Waals surface area contributed by atoms with E-state index in [2.05, 4.69) is 12.1 Å². The second-order valence-electron chi connectivity index (χ2n) is 2.59. The van der Waals surface area contributed by atoms with Gasteiger partial charge in [-0.25, -0.2) is 0 Å². The van der Waals surface area contributed by atoms with E-state index in [9.17, 15) is 0 Å². The molecule has 1 unspecified atom stereocenters. The van der Waals surface area contributed by atoms with E-state index in [1.54, 1.807) is 0 Å². The molecule has 1 radical (unpaired) electrons. The van der Waals surface area contributed by atoms with Gasteiger partial charge in [-0.1, -0.05) is 30.3 Å². The highest BCUT2D eigenvalue weighted by molar-refractivity contribution is 5.15. The van der Waals surface area contributed by atoms with Gasteiger partial charge in [0.1, 0.15) is 0 Å². The van der Waals surface area contributed by atoms with Crippen molar-refractivity contribution in [2.75, 3.05) is 0 Å². The van der Waals surface area contributed by atoms with Crippen molar-refractivity contribution >= 4 is 0 Å². The molecule has 10 heavy (non-hydrogen) atoms. The average molecular weight is 134 g/mol. The Hall–Kier alpha value is -0.820. The lowest BCUT2D eigenvalue weighted by Crippen LogP contribution is -2.05. The third-order valence-corrected chi connectivity index (χ3v) is 1.38. The highest BCUT2D eigenvalue weighted by Gasteiger charge is 1.95. The first-order valence-electron chi connectivity index (χ1n) is 3.54. The quantitative estimate of drug-likeness (QED) is 0.590. The molecule has 0 aliphatic heterocycles. The lowest BCUT2D eigenvalue weighted by molar-refractivity contribution is 0.715. The third kappa shape index (κ3) is 2.19. The Bertz CT molecular complexity index is 179. The Morgan fingerprint density at radius 2 is 1.90 bits per heavy atom. The van der Waals surface area contributed by atoms with Crippen molar-refractivity contribution in [3.63, 3.8) is 0 Å². The molecule has 1 rings (SSSR count). The van der Waals surface area contributed by atoms with Crippen molar-refractivity contribution in [3.05, 3.63) is 35.9 Å². The summed E-state index contributed by atoms with van der Waals surface area (Å²) < 4.78 is 0.